The number of thiazole rings is 1. The molecule has 0 spiro atoms. The summed E-state index contributed by atoms with van der Waals surface area (Å²) in [5.74, 6) is -2.88. The van der Waals surface area contributed by atoms with Crippen LogP contribution in [0.4, 0.5) is 0 Å². The van der Waals surface area contributed by atoms with Gasteiger partial charge in [-0.2, -0.15) is 0 Å². The van der Waals surface area contributed by atoms with Crippen LogP contribution in [0.1, 0.15) is 10.5 Å². The Morgan fingerprint density at radius 2 is 1.90 bits per heavy atom. The Morgan fingerprint density at radius 3 is 2.43 bits per heavy atom. The normalized spacial score (nSPS) is 10.3. The molecule has 2 heterocycles. The zero-order valence-electron chi connectivity index (χ0n) is 10.6. The number of furan rings is 1. The number of aliphatic carboxylic acids is 2. The molecule has 21 heavy (non-hydrogen) atoms. The lowest BCUT2D eigenvalue weighted by Gasteiger charge is -2.16. The molecule has 2 aromatic heterocycles. The van der Waals surface area contributed by atoms with Crippen molar-refractivity contribution in [1.82, 2.24) is 9.88 Å². The van der Waals surface area contributed by atoms with Crippen molar-refractivity contribution < 1.29 is 29.0 Å². The predicted octanol–water partition coefficient (Wildman–Crippen LogP) is 1.01. The lowest BCUT2D eigenvalue weighted by molar-refractivity contribution is -0.140. The Labute approximate surface area is 122 Å². The first kappa shape index (κ1) is 14.7. The van der Waals surface area contributed by atoms with Crippen LogP contribution in [-0.2, 0) is 9.59 Å². The zero-order valence-corrected chi connectivity index (χ0v) is 11.4. The van der Waals surface area contributed by atoms with Gasteiger partial charge < -0.3 is 19.5 Å². The molecule has 0 aliphatic rings. The third-order valence-corrected chi connectivity index (χ3v) is 3.25. The molecule has 2 rings (SSSR count). The maximum Gasteiger partial charge on any atom is 0.323 e. The van der Waals surface area contributed by atoms with Crippen molar-refractivity contribution in [2.75, 3.05) is 13.1 Å². The van der Waals surface area contributed by atoms with E-state index in [-0.39, 0.29) is 5.69 Å². The Bertz CT molecular complexity index is 647. The molecule has 110 valence electrons. The van der Waals surface area contributed by atoms with E-state index in [1.165, 1.54) is 11.6 Å². The monoisotopic (exact) mass is 310 g/mol. The maximum absolute atomic E-state index is 12.1. The minimum absolute atomic E-state index is 0.0195. The van der Waals surface area contributed by atoms with Crippen molar-refractivity contribution in [3.8, 4) is 10.8 Å². The van der Waals surface area contributed by atoms with Crippen LogP contribution in [0.5, 0.6) is 0 Å². The van der Waals surface area contributed by atoms with Crippen LogP contribution in [0.3, 0.4) is 0 Å². The molecule has 0 saturated carbocycles. The highest BCUT2D eigenvalue weighted by Crippen LogP contribution is 2.24. The fourth-order valence-electron chi connectivity index (χ4n) is 1.57. The highest BCUT2D eigenvalue weighted by Gasteiger charge is 2.23. The first-order valence-corrected chi connectivity index (χ1v) is 6.57. The third-order valence-electron chi connectivity index (χ3n) is 2.39. The summed E-state index contributed by atoms with van der Waals surface area (Å²) in [6.07, 6.45) is 1.46. The van der Waals surface area contributed by atoms with E-state index in [9.17, 15) is 14.4 Å². The fraction of sp³-hybridized carbons (Fsp3) is 0.167. The van der Waals surface area contributed by atoms with Crippen LogP contribution >= 0.6 is 11.3 Å². The summed E-state index contributed by atoms with van der Waals surface area (Å²) in [7, 11) is 0. The molecule has 0 unspecified atom stereocenters. The number of carbonyl (C=O) groups excluding carboxylic acids is 1. The van der Waals surface area contributed by atoms with Gasteiger partial charge in [-0.3, -0.25) is 14.4 Å². The van der Waals surface area contributed by atoms with Gasteiger partial charge in [0.25, 0.3) is 5.91 Å². The molecular weight excluding hydrogens is 300 g/mol. The minimum Gasteiger partial charge on any atom is -0.480 e. The van der Waals surface area contributed by atoms with E-state index in [1.54, 1.807) is 12.1 Å². The van der Waals surface area contributed by atoms with Crippen LogP contribution in [-0.4, -0.2) is 51.0 Å². The van der Waals surface area contributed by atoms with Crippen molar-refractivity contribution in [2.45, 2.75) is 0 Å². The number of nitrogens with zero attached hydrogens (tertiary/aromatic N) is 2. The summed E-state index contributed by atoms with van der Waals surface area (Å²) < 4.78 is 5.14. The topological polar surface area (TPSA) is 121 Å². The first-order valence-electron chi connectivity index (χ1n) is 5.69. The quantitative estimate of drug-likeness (QED) is 0.816. The molecule has 0 aliphatic carbocycles. The SMILES string of the molecule is O=C(O)CN(CC(=O)O)C(=O)c1csc(-c2ccco2)n1. The van der Waals surface area contributed by atoms with Crippen molar-refractivity contribution in [2.24, 2.45) is 0 Å². The van der Waals surface area contributed by atoms with Crippen LogP contribution in [0.25, 0.3) is 10.8 Å². The zero-order chi connectivity index (χ0) is 15.4. The van der Waals surface area contributed by atoms with E-state index in [0.29, 0.717) is 15.7 Å². The summed E-state index contributed by atoms with van der Waals surface area (Å²) >= 11 is 1.14. The van der Waals surface area contributed by atoms with E-state index in [1.807, 2.05) is 0 Å². The Hall–Kier alpha value is -2.68. The predicted molar refractivity (Wildman–Crippen MR) is 71.0 cm³/mol. The molecule has 8 nitrogen and oxygen atoms in total. The number of carboxylic acid groups (broad SMARTS) is 2. The number of rotatable bonds is 6. The van der Waals surface area contributed by atoms with Crippen LogP contribution in [0.2, 0.25) is 0 Å². The number of hydrogen-bond donors (Lipinski definition) is 2. The lowest BCUT2D eigenvalue weighted by Crippen LogP contribution is -2.39. The molecule has 9 heteroatoms. The number of carbonyl (C=O) groups is 3. The van der Waals surface area contributed by atoms with Gasteiger partial charge >= 0.3 is 11.9 Å². The standard InChI is InChI=1S/C12H10N2O6S/c15-9(16)4-14(5-10(17)18)12(19)7-6-21-11(13-7)8-2-1-3-20-8/h1-3,6H,4-5H2,(H,15,16)(H,17,18). The van der Waals surface area contributed by atoms with Gasteiger partial charge in [0.2, 0.25) is 0 Å². The summed E-state index contributed by atoms with van der Waals surface area (Å²) in [6, 6.07) is 3.33. The van der Waals surface area contributed by atoms with E-state index in [0.717, 1.165) is 11.3 Å². The van der Waals surface area contributed by atoms with Gasteiger partial charge in [-0.25, -0.2) is 4.98 Å². The molecule has 0 aromatic carbocycles. The van der Waals surface area contributed by atoms with E-state index in [4.69, 9.17) is 14.6 Å². The Kier molecular flexibility index (Phi) is 4.33. The Morgan fingerprint density at radius 1 is 1.24 bits per heavy atom. The lowest BCUT2D eigenvalue weighted by atomic mass is 10.3. The molecule has 0 fully saturated rings. The third kappa shape index (κ3) is 3.66. The smallest absolute Gasteiger partial charge is 0.323 e. The molecule has 0 bridgehead atoms. The van der Waals surface area contributed by atoms with Crippen molar-refractivity contribution >= 4 is 29.2 Å². The fourth-order valence-corrected chi connectivity index (χ4v) is 2.33. The van der Waals surface area contributed by atoms with Gasteiger partial charge in [0, 0.05) is 5.38 Å². The van der Waals surface area contributed by atoms with Crippen molar-refractivity contribution in [3.63, 3.8) is 0 Å². The molecule has 0 aliphatic heterocycles. The second-order valence-corrected chi connectivity index (χ2v) is 4.82. The highest BCUT2D eigenvalue weighted by atomic mass is 32.1. The number of carboxylic acids is 2. The van der Waals surface area contributed by atoms with Crippen LogP contribution in [0, 0.1) is 0 Å². The van der Waals surface area contributed by atoms with Gasteiger partial charge in [-0.05, 0) is 12.1 Å². The van der Waals surface area contributed by atoms with E-state index in [2.05, 4.69) is 4.98 Å². The van der Waals surface area contributed by atoms with Gasteiger partial charge in [-0.1, -0.05) is 0 Å². The number of aromatic nitrogens is 1. The molecule has 0 atom stereocenters. The molecule has 1 amide bonds. The molecular formula is C12H10N2O6S. The van der Waals surface area contributed by atoms with Gasteiger partial charge in [0.05, 0.1) is 6.26 Å². The molecule has 0 saturated heterocycles. The molecule has 2 aromatic rings. The largest absolute Gasteiger partial charge is 0.480 e. The first-order chi connectivity index (χ1) is 9.97. The van der Waals surface area contributed by atoms with Crippen LogP contribution in [0.15, 0.2) is 28.2 Å². The van der Waals surface area contributed by atoms with E-state index < -0.39 is 30.9 Å². The Balaban J connectivity index is 2.20. The van der Waals surface area contributed by atoms with Gasteiger partial charge in [0.15, 0.2) is 10.8 Å². The van der Waals surface area contributed by atoms with Gasteiger partial charge in [0.1, 0.15) is 18.8 Å². The highest BCUT2D eigenvalue weighted by molar-refractivity contribution is 7.13. The second kappa shape index (κ2) is 6.18. The van der Waals surface area contributed by atoms with Gasteiger partial charge in [-0.15, -0.1) is 11.3 Å². The number of hydrogen-bond acceptors (Lipinski definition) is 6. The van der Waals surface area contributed by atoms with Crippen molar-refractivity contribution in [1.29, 1.82) is 0 Å². The summed E-state index contributed by atoms with van der Waals surface area (Å²) in [4.78, 5) is 38.2. The molecule has 0 radical (unpaired) electrons. The summed E-state index contributed by atoms with van der Waals surface area (Å²) in [5.41, 5.74) is -0.0195. The van der Waals surface area contributed by atoms with Crippen LogP contribution < -0.4 is 0 Å². The maximum atomic E-state index is 12.1. The average molecular weight is 310 g/mol. The van der Waals surface area contributed by atoms with E-state index >= 15 is 0 Å². The molecule has 2 N–H and O–H groups in total. The van der Waals surface area contributed by atoms with Crippen molar-refractivity contribution in [3.05, 3.63) is 29.5 Å². The summed E-state index contributed by atoms with van der Waals surface area (Å²) in [6.45, 7) is -1.42. The summed E-state index contributed by atoms with van der Waals surface area (Å²) in [5, 5.41) is 19.3. The average Bonchev–Trinajstić information content (AvgIpc) is 3.06. The minimum atomic E-state index is -1.30. The second-order valence-electron chi connectivity index (χ2n) is 3.96. The number of amides is 1.